The molecule has 1 aliphatic carbocycles. The van der Waals surface area contributed by atoms with Crippen LogP contribution in [-0.4, -0.2) is 39.8 Å². The number of fused-ring (bicyclic) bond motifs is 3. The average Bonchev–Trinajstić information content (AvgIpc) is 3.14. The number of aliphatic carboxylic acids is 1. The van der Waals surface area contributed by atoms with Crippen LogP contribution < -0.4 is 5.32 Å². The van der Waals surface area contributed by atoms with Gasteiger partial charge < -0.3 is 20.3 Å². The zero-order valence-corrected chi connectivity index (χ0v) is 19.5. The Labute approximate surface area is 206 Å². The van der Waals surface area contributed by atoms with Crippen molar-refractivity contribution in [2.75, 3.05) is 6.61 Å². The first-order valence-electron chi connectivity index (χ1n) is 10.4. The van der Waals surface area contributed by atoms with Gasteiger partial charge in [0, 0.05) is 17.9 Å². The third-order valence-corrected chi connectivity index (χ3v) is 6.36. The van der Waals surface area contributed by atoms with Crippen LogP contribution in [0.15, 0.2) is 59.1 Å². The van der Waals surface area contributed by atoms with Crippen molar-refractivity contribution >= 4 is 33.7 Å². The Balaban J connectivity index is 1.49. The number of phenolic OH excluding ortho intramolecular Hbond substituents is 1. The molecule has 0 aromatic heterocycles. The first kappa shape index (κ1) is 24.1. The summed E-state index contributed by atoms with van der Waals surface area (Å²) in [6, 6.07) is 14.8. The minimum Gasteiger partial charge on any atom is -0.502 e. The van der Waals surface area contributed by atoms with E-state index in [0.717, 1.165) is 28.3 Å². The van der Waals surface area contributed by atoms with E-state index in [1.54, 1.807) is 0 Å². The van der Waals surface area contributed by atoms with E-state index in [2.05, 4.69) is 21.2 Å². The maximum absolute atomic E-state index is 14.0. The zero-order valence-electron chi connectivity index (χ0n) is 17.9. The molecule has 0 saturated heterocycles. The summed E-state index contributed by atoms with van der Waals surface area (Å²) < 4.78 is 19.0. The molecular formula is C24H18BrFN2O7. The smallest absolute Gasteiger partial charge is 0.407 e. The number of benzene rings is 3. The van der Waals surface area contributed by atoms with E-state index in [4.69, 9.17) is 4.74 Å². The van der Waals surface area contributed by atoms with Gasteiger partial charge in [-0.25, -0.2) is 9.59 Å². The third-order valence-electron chi connectivity index (χ3n) is 5.79. The molecule has 1 amide bonds. The number of aromatic hydroxyl groups is 1. The highest BCUT2D eigenvalue weighted by molar-refractivity contribution is 9.10. The molecule has 3 aromatic rings. The number of nitro benzene ring substituents is 1. The van der Waals surface area contributed by atoms with Gasteiger partial charge >= 0.3 is 17.7 Å². The number of carbonyl (C=O) groups is 2. The van der Waals surface area contributed by atoms with Crippen LogP contribution in [0.4, 0.5) is 14.9 Å². The second-order valence-corrected chi connectivity index (χ2v) is 8.70. The maximum atomic E-state index is 14.0. The molecule has 1 aliphatic rings. The molecule has 3 aromatic carbocycles. The van der Waals surface area contributed by atoms with E-state index in [-0.39, 0.29) is 22.6 Å². The number of hydrogen-bond donors (Lipinski definition) is 3. The van der Waals surface area contributed by atoms with Crippen LogP contribution in [0.3, 0.4) is 0 Å². The van der Waals surface area contributed by atoms with Crippen molar-refractivity contribution in [3.05, 3.63) is 91.7 Å². The summed E-state index contributed by atoms with van der Waals surface area (Å²) in [6.45, 7) is -0.0506. The van der Waals surface area contributed by atoms with E-state index in [0.29, 0.717) is 0 Å². The Hall–Kier alpha value is -3.99. The molecule has 3 N–H and O–H groups in total. The van der Waals surface area contributed by atoms with Crippen molar-refractivity contribution < 1.29 is 33.9 Å². The van der Waals surface area contributed by atoms with Crippen LogP contribution in [0.5, 0.6) is 5.75 Å². The number of phenols is 1. The van der Waals surface area contributed by atoms with Gasteiger partial charge in [0.05, 0.1) is 9.40 Å². The summed E-state index contributed by atoms with van der Waals surface area (Å²) in [5.74, 6) is -4.03. The van der Waals surface area contributed by atoms with E-state index < -0.39 is 46.7 Å². The topological polar surface area (TPSA) is 139 Å². The molecular weight excluding hydrogens is 527 g/mol. The highest BCUT2D eigenvalue weighted by Crippen LogP contribution is 2.44. The molecule has 4 rings (SSSR count). The molecule has 0 aliphatic heterocycles. The number of ether oxygens (including phenoxy) is 1. The predicted molar refractivity (Wildman–Crippen MR) is 126 cm³/mol. The minimum absolute atomic E-state index is 0.0506. The first-order valence-corrected chi connectivity index (χ1v) is 11.2. The molecule has 1 unspecified atom stereocenters. The molecule has 0 heterocycles. The number of carboxylic acids is 1. The summed E-state index contributed by atoms with van der Waals surface area (Å²) >= 11 is 2.82. The Morgan fingerprint density at radius 1 is 1.14 bits per heavy atom. The highest BCUT2D eigenvalue weighted by Gasteiger charge is 2.32. The number of carbonyl (C=O) groups excluding carboxylic acids is 1. The second kappa shape index (κ2) is 9.71. The fourth-order valence-corrected chi connectivity index (χ4v) is 4.64. The third kappa shape index (κ3) is 4.67. The Morgan fingerprint density at radius 2 is 1.71 bits per heavy atom. The SMILES string of the molecule is O=C(NC(Cc1cc(Br)c(F)c([N+](=O)[O-])c1O)C(=O)O)OCC1c2ccccc2-c2ccccc21. The van der Waals surface area contributed by atoms with Gasteiger partial charge in [-0.15, -0.1) is 0 Å². The molecule has 180 valence electrons. The van der Waals surface area contributed by atoms with Crippen LogP contribution in [0, 0.1) is 15.9 Å². The summed E-state index contributed by atoms with van der Waals surface area (Å²) in [7, 11) is 0. The van der Waals surface area contributed by atoms with Crippen LogP contribution in [0.2, 0.25) is 0 Å². The Kier molecular flexibility index (Phi) is 6.70. The quantitative estimate of drug-likeness (QED) is 0.288. The minimum atomic E-state index is -1.60. The molecule has 1 atom stereocenters. The van der Waals surface area contributed by atoms with E-state index in [1.165, 1.54) is 0 Å². The van der Waals surface area contributed by atoms with Gasteiger partial charge in [-0.1, -0.05) is 48.5 Å². The number of nitrogens with one attached hydrogen (secondary N) is 1. The van der Waals surface area contributed by atoms with E-state index >= 15 is 0 Å². The number of rotatable bonds is 7. The fraction of sp³-hybridized carbons (Fsp3) is 0.167. The van der Waals surface area contributed by atoms with Gasteiger partial charge in [-0.3, -0.25) is 10.1 Å². The molecule has 9 nitrogen and oxygen atoms in total. The van der Waals surface area contributed by atoms with Crippen molar-refractivity contribution in [1.82, 2.24) is 5.32 Å². The number of nitrogens with zero attached hydrogens (tertiary/aromatic N) is 1. The van der Waals surface area contributed by atoms with Crippen molar-refractivity contribution in [2.24, 2.45) is 0 Å². The number of nitro groups is 1. The summed E-state index contributed by atoms with van der Waals surface area (Å²) in [5, 5.41) is 33.0. The molecule has 0 fully saturated rings. The number of carboxylic acid groups (broad SMARTS) is 1. The molecule has 0 saturated carbocycles. The van der Waals surface area contributed by atoms with Gasteiger partial charge in [0.15, 0.2) is 0 Å². The monoisotopic (exact) mass is 544 g/mol. The molecule has 0 bridgehead atoms. The number of amides is 1. The largest absolute Gasteiger partial charge is 0.502 e. The number of halogens is 2. The lowest BCUT2D eigenvalue weighted by Gasteiger charge is -2.18. The number of hydrogen-bond acceptors (Lipinski definition) is 6. The van der Waals surface area contributed by atoms with Crippen molar-refractivity contribution in [3.63, 3.8) is 0 Å². The van der Waals surface area contributed by atoms with Gasteiger partial charge in [0.25, 0.3) is 0 Å². The first-order chi connectivity index (χ1) is 16.7. The van der Waals surface area contributed by atoms with Crippen molar-refractivity contribution in [1.29, 1.82) is 0 Å². The van der Waals surface area contributed by atoms with Gasteiger partial charge in [-0.2, -0.15) is 4.39 Å². The summed E-state index contributed by atoms with van der Waals surface area (Å²) in [4.78, 5) is 34.2. The van der Waals surface area contributed by atoms with Gasteiger partial charge in [0.2, 0.25) is 11.6 Å². The van der Waals surface area contributed by atoms with Crippen LogP contribution in [0.25, 0.3) is 11.1 Å². The van der Waals surface area contributed by atoms with Crippen LogP contribution in [-0.2, 0) is 16.0 Å². The molecule has 0 radical (unpaired) electrons. The lowest BCUT2D eigenvalue weighted by atomic mass is 9.98. The van der Waals surface area contributed by atoms with Crippen LogP contribution >= 0.6 is 15.9 Å². The van der Waals surface area contributed by atoms with E-state index in [1.807, 2.05) is 48.5 Å². The predicted octanol–water partition coefficient (Wildman–Crippen LogP) is 4.74. The van der Waals surface area contributed by atoms with Crippen molar-refractivity contribution in [3.8, 4) is 16.9 Å². The summed E-state index contributed by atoms with van der Waals surface area (Å²) in [6.07, 6.45) is -1.57. The molecule has 35 heavy (non-hydrogen) atoms. The second-order valence-electron chi connectivity index (χ2n) is 7.85. The Bertz CT molecular complexity index is 1300. The standard InChI is InChI=1S/C24H18BrFN2O7/c25-18-9-12(22(29)21(20(18)26)28(33)34)10-19(23(30)31)27-24(32)35-11-17-15-7-3-1-5-13(15)14-6-2-4-8-16(14)17/h1-9,17,19,29H,10-11H2,(H,27,32)(H,30,31). The fourth-order valence-electron chi connectivity index (χ4n) is 4.18. The zero-order chi connectivity index (χ0) is 25.3. The maximum Gasteiger partial charge on any atom is 0.407 e. The lowest BCUT2D eigenvalue weighted by molar-refractivity contribution is -0.388. The molecule has 0 spiro atoms. The Morgan fingerprint density at radius 3 is 2.26 bits per heavy atom. The normalized spacial score (nSPS) is 13.0. The highest BCUT2D eigenvalue weighted by atomic mass is 79.9. The molecule has 11 heteroatoms. The lowest BCUT2D eigenvalue weighted by Crippen LogP contribution is -2.43. The number of alkyl carbamates (subject to hydrolysis) is 1. The average molecular weight is 545 g/mol. The van der Waals surface area contributed by atoms with Crippen molar-refractivity contribution in [2.45, 2.75) is 18.4 Å². The van der Waals surface area contributed by atoms with Gasteiger partial charge in [-0.05, 0) is 44.3 Å². The van der Waals surface area contributed by atoms with Gasteiger partial charge in [0.1, 0.15) is 12.6 Å². The summed E-state index contributed by atoms with van der Waals surface area (Å²) in [5.41, 5.74) is 2.57. The van der Waals surface area contributed by atoms with Crippen LogP contribution in [0.1, 0.15) is 22.6 Å². The van der Waals surface area contributed by atoms with E-state index in [9.17, 15) is 34.3 Å².